The van der Waals surface area contributed by atoms with E-state index in [9.17, 15) is 13.2 Å². The van der Waals surface area contributed by atoms with Crippen LogP contribution >= 0.6 is 11.6 Å². The molecular formula is C13H18ClN3O3S. The Balaban J connectivity index is 2.48. The summed E-state index contributed by atoms with van der Waals surface area (Å²) in [6.07, 6.45) is 0.747. The predicted octanol–water partition coefficient (Wildman–Crippen LogP) is 1.91. The number of hydrazone groups is 1. The van der Waals surface area contributed by atoms with Gasteiger partial charge in [0.2, 0.25) is 15.9 Å². The molecule has 0 saturated heterocycles. The van der Waals surface area contributed by atoms with Crippen LogP contribution in [-0.4, -0.2) is 26.6 Å². The van der Waals surface area contributed by atoms with E-state index in [-0.39, 0.29) is 23.8 Å². The summed E-state index contributed by atoms with van der Waals surface area (Å²) in [4.78, 5) is 11.6. The first-order chi connectivity index (χ1) is 9.85. The number of nitrogens with one attached hydrogen (secondary N) is 2. The van der Waals surface area contributed by atoms with E-state index in [1.54, 1.807) is 6.92 Å². The summed E-state index contributed by atoms with van der Waals surface area (Å²) < 4.78 is 26.2. The van der Waals surface area contributed by atoms with E-state index < -0.39 is 10.0 Å². The number of hydrogen-bond acceptors (Lipinski definition) is 4. The smallest absolute Gasteiger partial charge is 0.241 e. The van der Waals surface area contributed by atoms with E-state index in [1.165, 1.54) is 24.3 Å². The number of sulfonamides is 1. The molecule has 1 amide bonds. The third kappa shape index (κ3) is 6.24. The molecule has 0 aliphatic carbocycles. The normalized spacial score (nSPS) is 12.2. The molecule has 8 heteroatoms. The molecule has 6 nitrogen and oxygen atoms in total. The Morgan fingerprint density at radius 3 is 2.48 bits per heavy atom. The minimum absolute atomic E-state index is 0.00249. The molecule has 0 aromatic heterocycles. The van der Waals surface area contributed by atoms with Crippen molar-refractivity contribution in [3.05, 3.63) is 29.3 Å². The van der Waals surface area contributed by atoms with Crippen LogP contribution in [0.25, 0.3) is 0 Å². The lowest BCUT2D eigenvalue weighted by molar-refractivity contribution is -0.120. The number of benzene rings is 1. The summed E-state index contributed by atoms with van der Waals surface area (Å²) in [5.74, 6) is -0.346. The van der Waals surface area contributed by atoms with E-state index in [4.69, 9.17) is 11.6 Å². The van der Waals surface area contributed by atoms with Gasteiger partial charge in [0.15, 0.2) is 0 Å². The van der Waals surface area contributed by atoms with Gasteiger partial charge in [0.05, 0.1) is 4.90 Å². The van der Waals surface area contributed by atoms with Crippen LogP contribution in [0.1, 0.15) is 26.7 Å². The second-order valence-electron chi connectivity index (χ2n) is 4.34. The fraction of sp³-hybridized carbons (Fsp3) is 0.385. The molecule has 0 radical (unpaired) electrons. The molecule has 21 heavy (non-hydrogen) atoms. The highest BCUT2D eigenvalue weighted by Gasteiger charge is 2.13. The summed E-state index contributed by atoms with van der Waals surface area (Å²) in [6.45, 7) is 3.71. The number of carbonyl (C=O) groups is 1. The molecule has 2 N–H and O–H groups in total. The van der Waals surface area contributed by atoms with E-state index >= 15 is 0 Å². The van der Waals surface area contributed by atoms with Gasteiger partial charge < -0.3 is 0 Å². The Labute approximate surface area is 129 Å². The van der Waals surface area contributed by atoms with Crippen LogP contribution in [0.15, 0.2) is 34.3 Å². The maximum atomic E-state index is 11.9. The second-order valence-corrected chi connectivity index (χ2v) is 6.54. The zero-order valence-corrected chi connectivity index (χ0v) is 13.5. The van der Waals surface area contributed by atoms with Crippen LogP contribution in [0.3, 0.4) is 0 Å². The lowest BCUT2D eigenvalue weighted by Gasteiger charge is -2.06. The minimum Gasteiger partial charge on any atom is -0.273 e. The van der Waals surface area contributed by atoms with Gasteiger partial charge in [-0.25, -0.2) is 18.6 Å². The van der Waals surface area contributed by atoms with Gasteiger partial charge in [-0.2, -0.15) is 5.10 Å². The molecule has 0 fully saturated rings. The Bertz CT molecular complexity index is 612. The van der Waals surface area contributed by atoms with Crippen molar-refractivity contribution in [2.45, 2.75) is 31.6 Å². The molecule has 116 valence electrons. The highest BCUT2D eigenvalue weighted by Crippen LogP contribution is 2.13. The number of nitrogens with zero attached hydrogens (tertiary/aromatic N) is 1. The molecule has 0 saturated carbocycles. The van der Waals surface area contributed by atoms with E-state index in [2.05, 4.69) is 15.2 Å². The van der Waals surface area contributed by atoms with Gasteiger partial charge in [-0.15, -0.1) is 0 Å². The third-order valence-corrected chi connectivity index (χ3v) is 4.38. The van der Waals surface area contributed by atoms with Crippen LogP contribution < -0.4 is 10.1 Å². The van der Waals surface area contributed by atoms with E-state index in [0.717, 1.165) is 12.1 Å². The Morgan fingerprint density at radius 2 is 1.90 bits per heavy atom. The molecule has 1 aromatic rings. The third-order valence-electron chi connectivity index (χ3n) is 2.65. The van der Waals surface area contributed by atoms with Gasteiger partial charge in [-0.05, 0) is 37.6 Å². The van der Waals surface area contributed by atoms with Gasteiger partial charge >= 0.3 is 0 Å². The lowest BCUT2D eigenvalue weighted by Crippen LogP contribution is -2.29. The van der Waals surface area contributed by atoms with Crippen LogP contribution in [0.2, 0.25) is 5.02 Å². The summed E-state index contributed by atoms with van der Waals surface area (Å²) >= 11 is 5.70. The number of carbonyl (C=O) groups excluding carboxylic acids is 1. The number of halogens is 1. The van der Waals surface area contributed by atoms with E-state index in [0.29, 0.717) is 5.02 Å². The zero-order chi connectivity index (χ0) is 15.9. The van der Waals surface area contributed by atoms with Gasteiger partial charge in [-0.1, -0.05) is 18.5 Å². The van der Waals surface area contributed by atoms with Gasteiger partial charge in [0.25, 0.3) is 0 Å². The first kappa shape index (κ1) is 17.6. The Hall–Kier alpha value is -1.44. The van der Waals surface area contributed by atoms with Crippen molar-refractivity contribution >= 4 is 33.2 Å². The van der Waals surface area contributed by atoms with Crippen LogP contribution in [-0.2, 0) is 14.8 Å². The topological polar surface area (TPSA) is 87.6 Å². The highest BCUT2D eigenvalue weighted by molar-refractivity contribution is 7.89. The highest BCUT2D eigenvalue weighted by atomic mass is 35.5. The van der Waals surface area contributed by atoms with Crippen molar-refractivity contribution in [3.8, 4) is 0 Å². The minimum atomic E-state index is -3.63. The van der Waals surface area contributed by atoms with Crippen molar-refractivity contribution < 1.29 is 13.2 Å². The standard InChI is InChI=1S/C13H18ClN3O3S/c1-3-10(2)16-17-13(18)8-9-15-21(19,20)12-6-4-11(14)5-7-12/h4-7,15H,3,8-9H2,1-2H3,(H,17,18)/b16-10+. The summed E-state index contributed by atoms with van der Waals surface area (Å²) in [5.41, 5.74) is 3.16. The monoisotopic (exact) mass is 331 g/mol. The quantitative estimate of drug-likeness (QED) is 0.591. The molecule has 0 unspecified atom stereocenters. The van der Waals surface area contributed by atoms with E-state index in [1.807, 2.05) is 6.92 Å². The van der Waals surface area contributed by atoms with Crippen molar-refractivity contribution in [2.75, 3.05) is 6.54 Å². The first-order valence-electron chi connectivity index (χ1n) is 6.42. The predicted molar refractivity (Wildman–Crippen MR) is 82.8 cm³/mol. The molecule has 0 spiro atoms. The van der Waals surface area contributed by atoms with Crippen LogP contribution in [0, 0.1) is 0 Å². The summed E-state index contributed by atoms with van der Waals surface area (Å²) in [6, 6.07) is 5.79. The molecule has 0 aliphatic heterocycles. The SMILES string of the molecule is CC/C(C)=N/NC(=O)CCNS(=O)(=O)c1ccc(Cl)cc1. The summed E-state index contributed by atoms with van der Waals surface area (Å²) in [7, 11) is -3.63. The average Bonchev–Trinajstić information content (AvgIpc) is 2.45. The number of hydrogen-bond donors (Lipinski definition) is 2. The molecular weight excluding hydrogens is 314 g/mol. The first-order valence-corrected chi connectivity index (χ1v) is 8.28. The molecule has 1 aromatic carbocycles. The molecule has 0 bridgehead atoms. The molecule has 1 rings (SSSR count). The van der Waals surface area contributed by atoms with Gasteiger partial charge in [0.1, 0.15) is 0 Å². The molecule has 0 atom stereocenters. The second kappa shape index (κ2) is 8.11. The average molecular weight is 332 g/mol. The largest absolute Gasteiger partial charge is 0.273 e. The van der Waals surface area contributed by atoms with Gasteiger partial charge in [0, 0.05) is 23.7 Å². The maximum Gasteiger partial charge on any atom is 0.241 e. The van der Waals surface area contributed by atoms with Gasteiger partial charge in [-0.3, -0.25) is 4.79 Å². The molecule has 0 heterocycles. The van der Waals surface area contributed by atoms with Crippen molar-refractivity contribution in [2.24, 2.45) is 5.10 Å². The summed E-state index contributed by atoms with van der Waals surface area (Å²) in [5, 5.41) is 4.31. The van der Waals surface area contributed by atoms with Crippen molar-refractivity contribution in [1.82, 2.24) is 10.1 Å². The number of amides is 1. The Kier molecular flexibility index (Phi) is 6.80. The van der Waals surface area contributed by atoms with Crippen LogP contribution in [0.5, 0.6) is 0 Å². The fourth-order valence-corrected chi connectivity index (χ4v) is 2.45. The fourth-order valence-electron chi connectivity index (χ4n) is 1.29. The maximum absolute atomic E-state index is 11.9. The molecule has 0 aliphatic rings. The Morgan fingerprint density at radius 1 is 1.29 bits per heavy atom. The number of rotatable bonds is 7. The zero-order valence-electron chi connectivity index (χ0n) is 11.9. The van der Waals surface area contributed by atoms with Crippen LogP contribution in [0.4, 0.5) is 0 Å². The lowest BCUT2D eigenvalue weighted by atomic mass is 10.3. The van der Waals surface area contributed by atoms with Crippen molar-refractivity contribution in [1.29, 1.82) is 0 Å². The van der Waals surface area contributed by atoms with Crippen molar-refractivity contribution in [3.63, 3.8) is 0 Å².